The van der Waals surface area contributed by atoms with E-state index in [1.165, 1.54) is 94.2 Å². The van der Waals surface area contributed by atoms with E-state index >= 15 is 0 Å². The smallest absolute Gasteiger partial charge is 0.0618 e. The van der Waals surface area contributed by atoms with E-state index in [-0.39, 0.29) is 10.8 Å². The minimum Gasteiger partial charge on any atom is -0.310 e. The predicted octanol–water partition coefficient (Wildman–Crippen LogP) is 17.2. The van der Waals surface area contributed by atoms with E-state index in [9.17, 15) is 0 Å². The molecule has 0 N–H and O–H groups in total. The topological polar surface area (TPSA) is 6.48 Å². The molecule has 0 amide bonds. The fraction of sp³-hybridized carbons (Fsp3) is 0.0968. The van der Waals surface area contributed by atoms with Crippen LogP contribution in [0.4, 0.5) is 34.1 Å². The van der Waals surface area contributed by atoms with E-state index in [0.29, 0.717) is 0 Å². The zero-order valence-electron chi connectivity index (χ0n) is 36.7. The maximum absolute atomic E-state index is 2.58. The highest BCUT2D eigenvalue weighted by atomic mass is 15.2. The second-order valence-electron chi connectivity index (χ2n) is 18.5. The Morgan fingerprint density at radius 2 is 0.938 bits per heavy atom. The number of para-hydroxylation sites is 1. The number of fused-ring (bicyclic) bond motifs is 7. The van der Waals surface area contributed by atoms with Crippen molar-refractivity contribution >= 4 is 55.7 Å². The Morgan fingerprint density at radius 3 is 1.78 bits per heavy atom. The Hall–Kier alpha value is -7.68. The Balaban J connectivity index is 1.15. The monoisotopic (exact) mass is 820 g/mol. The minimum absolute atomic E-state index is 0.156. The SMILES string of the molecule is CC1(C)c2ccccc2-c2ccc(N(c3cccc(-c4ccccc4)c3)c3cccc4c3C(C)(C)c3ccccc3N4c3c(-c4cccc5ccccc45)ccc4ccccc34)cc21. The number of nitrogens with zero attached hydrogens (tertiary/aromatic N) is 2. The van der Waals surface area contributed by atoms with Crippen molar-refractivity contribution in [2.45, 2.75) is 38.5 Å². The van der Waals surface area contributed by atoms with Gasteiger partial charge in [0.25, 0.3) is 0 Å². The molecule has 0 saturated carbocycles. The minimum atomic E-state index is -0.384. The maximum atomic E-state index is 2.58. The molecule has 0 spiro atoms. The predicted molar refractivity (Wildman–Crippen MR) is 271 cm³/mol. The molecule has 1 aliphatic carbocycles. The van der Waals surface area contributed by atoms with Gasteiger partial charge in [-0.2, -0.15) is 0 Å². The van der Waals surface area contributed by atoms with Crippen LogP contribution in [0.2, 0.25) is 0 Å². The molecule has 0 radical (unpaired) electrons. The lowest BCUT2D eigenvalue weighted by molar-refractivity contribution is 0.632. The van der Waals surface area contributed by atoms with Gasteiger partial charge in [0.2, 0.25) is 0 Å². The van der Waals surface area contributed by atoms with Crippen molar-refractivity contribution < 1.29 is 0 Å². The first-order chi connectivity index (χ1) is 31.3. The molecule has 0 unspecified atom stereocenters. The van der Waals surface area contributed by atoms with E-state index in [2.05, 4.69) is 256 Å². The van der Waals surface area contributed by atoms with E-state index in [1.807, 2.05) is 0 Å². The average Bonchev–Trinajstić information content (AvgIpc) is 3.57. The van der Waals surface area contributed by atoms with Gasteiger partial charge in [-0.1, -0.05) is 204 Å². The zero-order valence-corrected chi connectivity index (χ0v) is 36.7. The Labute approximate surface area is 376 Å². The third kappa shape index (κ3) is 5.72. The van der Waals surface area contributed by atoms with E-state index < -0.39 is 0 Å². The second-order valence-corrected chi connectivity index (χ2v) is 18.5. The van der Waals surface area contributed by atoms with Crippen LogP contribution in [0.25, 0.3) is 54.9 Å². The van der Waals surface area contributed by atoms with Crippen molar-refractivity contribution in [3.05, 3.63) is 241 Å². The highest BCUT2D eigenvalue weighted by Crippen LogP contribution is 2.59. The normalized spacial score (nSPS) is 14.2. The van der Waals surface area contributed by atoms with Crippen LogP contribution >= 0.6 is 0 Å². The number of rotatable bonds is 6. The summed E-state index contributed by atoms with van der Waals surface area (Å²) in [6.07, 6.45) is 0. The molecule has 0 fully saturated rings. The molecule has 64 heavy (non-hydrogen) atoms. The fourth-order valence-corrected chi connectivity index (χ4v) is 11.1. The molecule has 306 valence electrons. The average molecular weight is 821 g/mol. The lowest BCUT2D eigenvalue weighted by atomic mass is 9.72. The molecule has 2 heteroatoms. The van der Waals surface area contributed by atoms with Crippen molar-refractivity contribution in [3.8, 4) is 33.4 Å². The van der Waals surface area contributed by atoms with Gasteiger partial charge >= 0.3 is 0 Å². The van der Waals surface area contributed by atoms with Crippen LogP contribution in [0.1, 0.15) is 49.9 Å². The third-order valence-corrected chi connectivity index (χ3v) is 14.2. The van der Waals surface area contributed by atoms with Gasteiger partial charge in [-0.05, 0) is 103 Å². The molecule has 12 rings (SSSR count). The Morgan fingerprint density at radius 1 is 0.359 bits per heavy atom. The number of benzene rings is 10. The summed E-state index contributed by atoms with van der Waals surface area (Å²) in [5.41, 5.74) is 19.2. The first-order valence-electron chi connectivity index (χ1n) is 22.5. The van der Waals surface area contributed by atoms with Crippen LogP contribution < -0.4 is 9.80 Å². The van der Waals surface area contributed by atoms with Gasteiger partial charge < -0.3 is 9.80 Å². The first-order valence-corrected chi connectivity index (χ1v) is 22.5. The van der Waals surface area contributed by atoms with Crippen LogP contribution in [-0.2, 0) is 10.8 Å². The summed E-state index contributed by atoms with van der Waals surface area (Å²) in [6.45, 7) is 9.59. The van der Waals surface area contributed by atoms with Gasteiger partial charge in [0.1, 0.15) is 0 Å². The lowest BCUT2D eigenvalue weighted by Crippen LogP contribution is -2.32. The number of hydrogen-bond acceptors (Lipinski definition) is 2. The summed E-state index contributed by atoms with van der Waals surface area (Å²) >= 11 is 0. The molecule has 2 nitrogen and oxygen atoms in total. The van der Waals surface area contributed by atoms with Crippen LogP contribution in [0, 0.1) is 0 Å². The van der Waals surface area contributed by atoms with Crippen molar-refractivity contribution in [2.75, 3.05) is 9.80 Å². The number of anilines is 6. The molecule has 10 aromatic rings. The zero-order chi connectivity index (χ0) is 43.2. The van der Waals surface area contributed by atoms with Gasteiger partial charge in [-0.25, -0.2) is 0 Å². The molecule has 1 heterocycles. The Bertz CT molecular complexity index is 3460. The van der Waals surface area contributed by atoms with E-state index in [4.69, 9.17) is 0 Å². The van der Waals surface area contributed by atoms with Crippen molar-refractivity contribution in [1.29, 1.82) is 0 Å². The summed E-state index contributed by atoms with van der Waals surface area (Å²) in [6, 6.07) is 81.0. The molecule has 2 aliphatic rings. The van der Waals surface area contributed by atoms with Crippen LogP contribution in [0.15, 0.2) is 218 Å². The van der Waals surface area contributed by atoms with Gasteiger partial charge in [-0.3, -0.25) is 0 Å². The summed E-state index contributed by atoms with van der Waals surface area (Å²) in [4.78, 5) is 5.12. The fourth-order valence-electron chi connectivity index (χ4n) is 11.1. The highest BCUT2D eigenvalue weighted by Gasteiger charge is 2.42. The standard InChI is InChI=1S/C62H48N2/c1-61(2)53-30-13-12-28-50(53)51-38-36-46(40-55(51)61)63(45-25-16-24-44(39-45)41-19-6-5-7-20-41)57-33-18-34-58-59(57)62(3,4)54-31-14-15-32-56(54)64(58)60-48-27-11-9-22-43(48)35-37-52(60)49-29-17-23-42-21-8-10-26-47(42)49/h5-40H,1-4H3. The van der Waals surface area contributed by atoms with Crippen molar-refractivity contribution in [2.24, 2.45) is 0 Å². The first kappa shape index (κ1) is 38.0. The van der Waals surface area contributed by atoms with E-state index in [1.54, 1.807) is 0 Å². The molecular weight excluding hydrogens is 773 g/mol. The maximum Gasteiger partial charge on any atom is 0.0618 e. The number of hydrogen-bond donors (Lipinski definition) is 0. The lowest BCUT2D eigenvalue weighted by Gasteiger charge is -2.45. The van der Waals surface area contributed by atoms with E-state index in [0.717, 1.165) is 17.1 Å². The molecule has 0 aromatic heterocycles. The van der Waals surface area contributed by atoms with Crippen molar-refractivity contribution in [3.63, 3.8) is 0 Å². The largest absolute Gasteiger partial charge is 0.310 e. The van der Waals surface area contributed by atoms with Crippen LogP contribution in [0.3, 0.4) is 0 Å². The van der Waals surface area contributed by atoms with Crippen molar-refractivity contribution in [1.82, 2.24) is 0 Å². The Kier molecular flexibility index (Phi) is 8.58. The summed E-state index contributed by atoms with van der Waals surface area (Å²) in [5, 5.41) is 4.90. The third-order valence-electron chi connectivity index (χ3n) is 14.2. The molecular formula is C62H48N2. The van der Waals surface area contributed by atoms with Gasteiger partial charge in [-0.15, -0.1) is 0 Å². The van der Waals surface area contributed by atoms with Gasteiger partial charge in [0.15, 0.2) is 0 Å². The molecule has 0 bridgehead atoms. The van der Waals surface area contributed by atoms with Crippen LogP contribution in [-0.4, -0.2) is 0 Å². The molecule has 0 saturated heterocycles. The molecule has 0 atom stereocenters. The molecule has 1 aliphatic heterocycles. The summed E-state index contributed by atoms with van der Waals surface area (Å²) in [7, 11) is 0. The quantitative estimate of drug-likeness (QED) is 0.165. The van der Waals surface area contributed by atoms with Gasteiger partial charge in [0.05, 0.1) is 22.7 Å². The highest BCUT2D eigenvalue weighted by molar-refractivity contribution is 6.11. The molecule has 10 aromatic carbocycles. The van der Waals surface area contributed by atoms with Crippen LogP contribution in [0.5, 0.6) is 0 Å². The summed E-state index contributed by atoms with van der Waals surface area (Å²) in [5.74, 6) is 0. The van der Waals surface area contributed by atoms with Gasteiger partial charge in [0, 0.05) is 38.7 Å². The second kappa shape index (κ2) is 14.4. The summed E-state index contributed by atoms with van der Waals surface area (Å²) < 4.78 is 0.